The molecule has 0 saturated carbocycles. The molecule has 0 aromatic carbocycles. The van der Waals surface area contributed by atoms with Gasteiger partial charge in [0.1, 0.15) is 0 Å². The van der Waals surface area contributed by atoms with Crippen molar-refractivity contribution in [1.82, 2.24) is 14.9 Å². The van der Waals surface area contributed by atoms with Crippen molar-refractivity contribution >= 4 is 0 Å². The Kier molecular flexibility index (Phi) is 5.53. The van der Waals surface area contributed by atoms with Crippen molar-refractivity contribution in [2.24, 2.45) is 5.92 Å². The van der Waals surface area contributed by atoms with E-state index in [-0.39, 0.29) is 0 Å². The Hall–Kier alpha value is -0.830. The lowest BCUT2D eigenvalue weighted by atomic mass is 10.1. The van der Waals surface area contributed by atoms with Crippen molar-refractivity contribution in [3.63, 3.8) is 0 Å². The predicted molar refractivity (Wildman–Crippen MR) is 68.6 cm³/mol. The number of hydrogen-bond acceptors (Lipinski definition) is 2. The molecule has 0 fully saturated rings. The molecule has 3 nitrogen and oxygen atoms in total. The fraction of sp³-hybridized carbons (Fsp3) is 0.769. The van der Waals surface area contributed by atoms with E-state index >= 15 is 0 Å². The summed E-state index contributed by atoms with van der Waals surface area (Å²) in [6.07, 6.45) is 4.52. The summed E-state index contributed by atoms with van der Waals surface area (Å²) in [6.45, 7) is 11.9. The van der Waals surface area contributed by atoms with Crippen molar-refractivity contribution in [2.45, 2.75) is 47.1 Å². The molecule has 0 radical (unpaired) electrons. The third-order valence-electron chi connectivity index (χ3n) is 3.01. The summed E-state index contributed by atoms with van der Waals surface area (Å²) >= 11 is 0. The van der Waals surface area contributed by atoms with Crippen LogP contribution in [0.25, 0.3) is 0 Å². The molecular weight excluding hydrogens is 198 g/mol. The highest BCUT2D eigenvalue weighted by atomic mass is 15.1. The average Bonchev–Trinajstić information content (AvgIpc) is 2.54. The third kappa shape index (κ3) is 4.35. The summed E-state index contributed by atoms with van der Waals surface area (Å²) in [5.41, 5.74) is 2.42. The van der Waals surface area contributed by atoms with E-state index in [1.807, 2.05) is 6.33 Å². The zero-order valence-electron chi connectivity index (χ0n) is 11.1. The standard InChI is InChI=1S/C13H25N3/c1-11(2)6-5-7-14-8-9-16-10-15-12(3)13(16)4/h10-11,14H,5-9H2,1-4H3. The molecule has 0 amide bonds. The van der Waals surface area contributed by atoms with E-state index in [1.54, 1.807) is 0 Å². The molecule has 0 spiro atoms. The van der Waals surface area contributed by atoms with Gasteiger partial charge in [0, 0.05) is 18.8 Å². The number of nitrogens with zero attached hydrogens (tertiary/aromatic N) is 2. The number of imidazole rings is 1. The number of nitrogens with one attached hydrogen (secondary N) is 1. The van der Waals surface area contributed by atoms with Crippen LogP contribution in [-0.2, 0) is 6.54 Å². The van der Waals surface area contributed by atoms with Gasteiger partial charge in [0.2, 0.25) is 0 Å². The largest absolute Gasteiger partial charge is 0.333 e. The van der Waals surface area contributed by atoms with Gasteiger partial charge < -0.3 is 9.88 Å². The molecule has 0 aliphatic rings. The monoisotopic (exact) mass is 223 g/mol. The molecule has 0 aliphatic carbocycles. The van der Waals surface area contributed by atoms with Crippen LogP contribution >= 0.6 is 0 Å². The number of aromatic nitrogens is 2. The molecule has 1 N–H and O–H groups in total. The molecule has 3 heteroatoms. The summed E-state index contributed by atoms with van der Waals surface area (Å²) in [4.78, 5) is 4.29. The normalized spacial score (nSPS) is 11.3. The van der Waals surface area contributed by atoms with E-state index < -0.39 is 0 Å². The lowest BCUT2D eigenvalue weighted by Crippen LogP contribution is -2.21. The van der Waals surface area contributed by atoms with Crippen molar-refractivity contribution in [1.29, 1.82) is 0 Å². The molecule has 0 unspecified atom stereocenters. The van der Waals surface area contributed by atoms with Gasteiger partial charge in [-0.3, -0.25) is 0 Å². The summed E-state index contributed by atoms with van der Waals surface area (Å²) in [6, 6.07) is 0. The van der Waals surface area contributed by atoms with Crippen LogP contribution in [0.2, 0.25) is 0 Å². The third-order valence-corrected chi connectivity index (χ3v) is 3.01. The van der Waals surface area contributed by atoms with Crippen molar-refractivity contribution in [2.75, 3.05) is 13.1 Å². The quantitative estimate of drug-likeness (QED) is 0.720. The second kappa shape index (κ2) is 6.69. The molecule has 0 saturated heterocycles. The molecule has 1 aromatic heterocycles. The Balaban J connectivity index is 2.10. The summed E-state index contributed by atoms with van der Waals surface area (Å²) < 4.78 is 2.21. The predicted octanol–water partition coefficient (Wildman–Crippen LogP) is 2.53. The number of aryl methyl sites for hydroxylation is 1. The van der Waals surface area contributed by atoms with E-state index in [9.17, 15) is 0 Å². The zero-order valence-corrected chi connectivity index (χ0v) is 11.1. The van der Waals surface area contributed by atoms with E-state index in [4.69, 9.17) is 0 Å². The van der Waals surface area contributed by atoms with Crippen LogP contribution in [0.15, 0.2) is 6.33 Å². The maximum atomic E-state index is 4.29. The van der Waals surface area contributed by atoms with Gasteiger partial charge in [-0.1, -0.05) is 13.8 Å². The van der Waals surface area contributed by atoms with Gasteiger partial charge in [0.05, 0.1) is 12.0 Å². The summed E-state index contributed by atoms with van der Waals surface area (Å²) in [5.74, 6) is 0.820. The molecule has 0 bridgehead atoms. The number of rotatable bonds is 7. The Bertz CT molecular complexity index is 302. The Morgan fingerprint density at radius 3 is 2.62 bits per heavy atom. The zero-order chi connectivity index (χ0) is 12.0. The van der Waals surface area contributed by atoms with Crippen LogP contribution in [0.3, 0.4) is 0 Å². The fourth-order valence-corrected chi connectivity index (χ4v) is 1.73. The minimum absolute atomic E-state index is 0.820. The lowest BCUT2D eigenvalue weighted by Gasteiger charge is -2.08. The minimum atomic E-state index is 0.820. The first-order valence-corrected chi connectivity index (χ1v) is 6.30. The van der Waals surface area contributed by atoms with Gasteiger partial charge in [-0.2, -0.15) is 0 Å². The Morgan fingerprint density at radius 2 is 2.06 bits per heavy atom. The first-order valence-electron chi connectivity index (χ1n) is 6.30. The smallest absolute Gasteiger partial charge is 0.0951 e. The highest BCUT2D eigenvalue weighted by Gasteiger charge is 2.00. The van der Waals surface area contributed by atoms with Crippen LogP contribution in [-0.4, -0.2) is 22.6 Å². The Morgan fingerprint density at radius 1 is 1.31 bits per heavy atom. The van der Waals surface area contributed by atoms with E-state index in [1.165, 1.54) is 18.5 Å². The molecule has 1 rings (SSSR count). The first-order chi connectivity index (χ1) is 7.61. The molecular formula is C13H25N3. The van der Waals surface area contributed by atoms with Gasteiger partial charge in [-0.05, 0) is 39.2 Å². The van der Waals surface area contributed by atoms with Crippen LogP contribution < -0.4 is 5.32 Å². The van der Waals surface area contributed by atoms with Gasteiger partial charge in [-0.25, -0.2) is 4.98 Å². The molecule has 16 heavy (non-hydrogen) atoms. The van der Waals surface area contributed by atoms with Gasteiger partial charge in [0.15, 0.2) is 0 Å². The summed E-state index contributed by atoms with van der Waals surface area (Å²) in [7, 11) is 0. The van der Waals surface area contributed by atoms with E-state index in [0.717, 1.165) is 31.2 Å². The second-order valence-electron chi connectivity index (χ2n) is 4.89. The lowest BCUT2D eigenvalue weighted by molar-refractivity contribution is 0.513. The average molecular weight is 223 g/mol. The van der Waals surface area contributed by atoms with Crippen LogP contribution in [0.1, 0.15) is 38.1 Å². The SMILES string of the molecule is Cc1ncn(CCNCCCC(C)C)c1C. The maximum Gasteiger partial charge on any atom is 0.0951 e. The Labute approximate surface area is 99.3 Å². The van der Waals surface area contributed by atoms with Crippen LogP contribution in [0, 0.1) is 19.8 Å². The second-order valence-corrected chi connectivity index (χ2v) is 4.89. The molecule has 1 aromatic rings. The van der Waals surface area contributed by atoms with Crippen LogP contribution in [0.4, 0.5) is 0 Å². The van der Waals surface area contributed by atoms with Gasteiger partial charge >= 0.3 is 0 Å². The molecule has 0 aliphatic heterocycles. The number of hydrogen-bond donors (Lipinski definition) is 1. The maximum absolute atomic E-state index is 4.29. The molecule has 0 atom stereocenters. The first kappa shape index (κ1) is 13.2. The highest BCUT2D eigenvalue weighted by Crippen LogP contribution is 2.03. The topological polar surface area (TPSA) is 29.9 Å². The minimum Gasteiger partial charge on any atom is -0.333 e. The van der Waals surface area contributed by atoms with Crippen molar-refractivity contribution < 1.29 is 0 Å². The van der Waals surface area contributed by atoms with Gasteiger partial charge in [-0.15, -0.1) is 0 Å². The van der Waals surface area contributed by atoms with Gasteiger partial charge in [0.25, 0.3) is 0 Å². The van der Waals surface area contributed by atoms with E-state index in [0.29, 0.717) is 0 Å². The van der Waals surface area contributed by atoms with Crippen molar-refractivity contribution in [3.05, 3.63) is 17.7 Å². The molecule has 92 valence electrons. The highest BCUT2D eigenvalue weighted by molar-refractivity contribution is 5.08. The fourth-order valence-electron chi connectivity index (χ4n) is 1.73. The van der Waals surface area contributed by atoms with Crippen molar-refractivity contribution in [3.8, 4) is 0 Å². The summed E-state index contributed by atoms with van der Waals surface area (Å²) in [5, 5.41) is 3.48. The molecule has 1 heterocycles. The van der Waals surface area contributed by atoms with Crippen LogP contribution in [0.5, 0.6) is 0 Å². The van der Waals surface area contributed by atoms with E-state index in [2.05, 4.69) is 42.6 Å².